The SMILES string of the molecule is CCOc1ccc(C(=O)NCC(=O)N[C@@H](C)CC[C@H]2CCCO2)cc1. The number of amides is 2. The lowest BCUT2D eigenvalue weighted by molar-refractivity contribution is -0.120. The normalized spacial score (nSPS) is 17.8. The van der Waals surface area contributed by atoms with E-state index in [9.17, 15) is 9.59 Å². The molecule has 6 nitrogen and oxygen atoms in total. The number of hydrogen-bond donors (Lipinski definition) is 2. The molecule has 2 amide bonds. The van der Waals surface area contributed by atoms with Gasteiger partial charge < -0.3 is 20.1 Å². The van der Waals surface area contributed by atoms with Gasteiger partial charge in [-0.3, -0.25) is 9.59 Å². The fourth-order valence-electron chi connectivity index (χ4n) is 2.84. The summed E-state index contributed by atoms with van der Waals surface area (Å²) in [5.74, 6) is 0.265. The van der Waals surface area contributed by atoms with Crippen LogP contribution in [0.1, 0.15) is 49.9 Å². The number of carbonyl (C=O) groups is 2. The number of rotatable bonds is 9. The summed E-state index contributed by atoms with van der Waals surface area (Å²) in [4.78, 5) is 24.0. The molecule has 2 N–H and O–H groups in total. The summed E-state index contributed by atoms with van der Waals surface area (Å²) in [7, 11) is 0. The van der Waals surface area contributed by atoms with Crippen LogP contribution in [0.3, 0.4) is 0 Å². The van der Waals surface area contributed by atoms with Crippen molar-refractivity contribution in [2.45, 2.75) is 51.7 Å². The van der Waals surface area contributed by atoms with Crippen molar-refractivity contribution in [1.82, 2.24) is 10.6 Å². The van der Waals surface area contributed by atoms with E-state index in [-0.39, 0.29) is 24.4 Å². The van der Waals surface area contributed by atoms with Gasteiger partial charge in [0.15, 0.2) is 0 Å². The van der Waals surface area contributed by atoms with Crippen molar-refractivity contribution in [1.29, 1.82) is 0 Å². The van der Waals surface area contributed by atoms with Gasteiger partial charge in [0.1, 0.15) is 5.75 Å². The lowest BCUT2D eigenvalue weighted by atomic mass is 10.1. The summed E-state index contributed by atoms with van der Waals surface area (Å²) in [6, 6.07) is 6.92. The summed E-state index contributed by atoms with van der Waals surface area (Å²) >= 11 is 0. The summed E-state index contributed by atoms with van der Waals surface area (Å²) in [5.41, 5.74) is 0.502. The minimum Gasteiger partial charge on any atom is -0.494 e. The lowest BCUT2D eigenvalue weighted by Gasteiger charge is -2.16. The Morgan fingerprint density at radius 1 is 1.32 bits per heavy atom. The first-order chi connectivity index (χ1) is 12.1. The highest BCUT2D eigenvalue weighted by Crippen LogP contribution is 2.17. The molecule has 0 bridgehead atoms. The molecule has 138 valence electrons. The molecule has 25 heavy (non-hydrogen) atoms. The fraction of sp³-hybridized carbons (Fsp3) is 0.579. The Morgan fingerprint density at radius 2 is 2.08 bits per heavy atom. The molecule has 0 unspecified atom stereocenters. The highest BCUT2D eigenvalue weighted by molar-refractivity contribution is 5.96. The van der Waals surface area contributed by atoms with Crippen LogP contribution in [-0.2, 0) is 9.53 Å². The van der Waals surface area contributed by atoms with E-state index in [1.165, 1.54) is 0 Å². The lowest BCUT2D eigenvalue weighted by Crippen LogP contribution is -2.41. The molecule has 2 rings (SSSR count). The number of nitrogens with one attached hydrogen (secondary N) is 2. The first-order valence-electron chi connectivity index (χ1n) is 9.00. The average Bonchev–Trinajstić information content (AvgIpc) is 3.12. The minimum absolute atomic E-state index is 0.0314. The molecule has 1 aliphatic rings. The predicted octanol–water partition coefficient (Wildman–Crippen LogP) is 2.28. The van der Waals surface area contributed by atoms with E-state index in [4.69, 9.17) is 9.47 Å². The maximum Gasteiger partial charge on any atom is 0.251 e. The number of benzene rings is 1. The van der Waals surface area contributed by atoms with Gasteiger partial charge in [-0.2, -0.15) is 0 Å². The largest absolute Gasteiger partial charge is 0.494 e. The second-order valence-electron chi connectivity index (χ2n) is 6.32. The monoisotopic (exact) mass is 348 g/mol. The van der Waals surface area contributed by atoms with Crippen molar-refractivity contribution in [3.8, 4) is 5.75 Å². The Labute approximate surface area is 149 Å². The van der Waals surface area contributed by atoms with Crippen molar-refractivity contribution < 1.29 is 19.1 Å². The standard InChI is InChI=1S/C19H28N2O4/c1-3-24-17-10-7-15(8-11-17)19(23)20-13-18(22)21-14(2)6-9-16-5-4-12-25-16/h7-8,10-11,14,16H,3-6,9,12-13H2,1-2H3,(H,20,23)(H,21,22)/t14-,16+/m0/s1. The van der Waals surface area contributed by atoms with Crippen molar-refractivity contribution in [3.05, 3.63) is 29.8 Å². The molecule has 1 aromatic rings. The Kier molecular flexibility index (Phi) is 7.73. The first-order valence-corrected chi connectivity index (χ1v) is 9.00. The topological polar surface area (TPSA) is 76.7 Å². The number of hydrogen-bond acceptors (Lipinski definition) is 4. The highest BCUT2D eigenvalue weighted by Gasteiger charge is 2.17. The van der Waals surface area contributed by atoms with Crippen LogP contribution in [-0.4, -0.2) is 43.7 Å². The van der Waals surface area contributed by atoms with E-state index < -0.39 is 0 Å². The van der Waals surface area contributed by atoms with E-state index in [1.807, 2.05) is 13.8 Å². The van der Waals surface area contributed by atoms with Gasteiger partial charge >= 0.3 is 0 Å². The smallest absolute Gasteiger partial charge is 0.251 e. The predicted molar refractivity (Wildman–Crippen MR) is 95.8 cm³/mol. The van der Waals surface area contributed by atoms with Gasteiger partial charge in [-0.1, -0.05) is 0 Å². The van der Waals surface area contributed by atoms with Crippen molar-refractivity contribution >= 4 is 11.8 Å². The van der Waals surface area contributed by atoms with Gasteiger partial charge in [-0.15, -0.1) is 0 Å². The van der Waals surface area contributed by atoms with Gasteiger partial charge in [0.25, 0.3) is 5.91 Å². The third-order valence-electron chi connectivity index (χ3n) is 4.19. The van der Waals surface area contributed by atoms with Crippen LogP contribution in [0.2, 0.25) is 0 Å². The molecule has 0 aliphatic carbocycles. The first kappa shape index (κ1) is 19.2. The van der Waals surface area contributed by atoms with E-state index in [0.717, 1.165) is 38.0 Å². The van der Waals surface area contributed by atoms with Crippen molar-refractivity contribution in [2.75, 3.05) is 19.8 Å². The third-order valence-corrected chi connectivity index (χ3v) is 4.19. The van der Waals surface area contributed by atoms with Crippen LogP contribution in [0.5, 0.6) is 5.75 Å². The number of ether oxygens (including phenoxy) is 2. The Hall–Kier alpha value is -2.08. The van der Waals surface area contributed by atoms with Gasteiger partial charge in [0.2, 0.25) is 5.91 Å². The molecule has 6 heteroatoms. The molecule has 2 atom stereocenters. The molecule has 1 aliphatic heterocycles. The summed E-state index contributed by atoms with van der Waals surface area (Å²) in [6.07, 6.45) is 4.41. The third kappa shape index (κ3) is 6.74. The second-order valence-corrected chi connectivity index (χ2v) is 6.32. The summed E-state index contributed by atoms with van der Waals surface area (Å²) in [6.45, 7) is 5.28. The van der Waals surface area contributed by atoms with Crippen molar-refractivity contribution in [2.24, 2.45) is 0 Å². The molecular weight excluding hydrogens is 320 g/mol. The van der Waals surface area contributed by atoms with Crippen LogP contribution < -0.4 is 15.4 Å². The van der Waals surface area contributed by atoms with E-state index in [0.29, 0.717) is 18.3 Å². The zero-order valence-corrected chi connectivity index (χ0v) is 15.0. The zero-order valence-electron chi connectivity index (χ0n) is 15.0. The molecule has 0 saturated carbocycles. The summed E-state index contributed by atoms with van der Waals surface area (Å²) < 4.78 is 10.9. The minimum atomic E-state index is -0.273. The maximum atomic E-state index is 12.1. The quantitative estimate of drug-likeness (QED) is 0.718. The van der Waals surface area contributed by atoms with E-state index in [1.54, 1.807) is 24.3 Å². The second kappa shape index (κ2) is 10.0. The maximum absolute atomic E-state index is 12.1. The fourth-order valence-corrected chi connectivity index (χ4v) is 2.84. The number of carbonyl (C=O) groups excluding carboxylic acids is 2. The van der Waals surface area contributed by atoms with Crippen LogP contribution in [0, 0.1) is 0 Å². The molecule has 0 aromatic heterocycles. The van der Waals surface area contributed by atoms with E-state index in [2.05, 4.69) is 10.6 Å². The molecule has 1 aromatic carbocycles. The Morgan fingerprint density at radius 3 is 2.72 bits per heavy atom. The van der Waals surface area contributed by atoms with Crippen LogP contribution in [0.4, 0.5) is 0 Å². The molecule has 1 heterocycles. The van der Waals surface area contributed by atoms with Crippen LogP contribution in [0.15, 0.2) is 24.3 Å². The Balaban J connectivity index is 1.66. The van der Waals surface area contributed by atoms with Gasteiger partial charge in [0.05, 0.1) is 19.3 Å². The van der Waals surface area contributed by atoms with Crippen LogP contribution in [0.25, 0.3) is 0 Å². The summed E-state index contributed by atoms with van der Waals surface area (Å²) in [5, 5.41) is 5.54. The van der Waals surface area contributed by atoms with Crippen molar-refractivity contribution in [3.63, 3.8) is 0 Å². The average molecular weight is 348 g/mol. The molecule has 0 spiro atoms. The van der Waals surface area contributed by atoms with Gasteiger partial charge in [-0.05, 0) is 63.8 Å². The Bertz CT molecular complexity index is 553. The van der Waals surface area contributed by atoms with Gasteiger partial charge in [-0.25, -0.2) is 0 Å². The molecule has 1 saturated heterocycles. The molecular formula is C19H28N2O4. The van der Waals surface area contributed by atoms with Gasteiger partial charge in [0, 0.05) is 18.2 Å². The molecule has 1 fully saturated rings. The highest BCUT2D eigenvalue weighted by atomic mass is 16.5. The zero-order chi connectivity index (χ0) is 18.1. The molecule has 0 radical (unpaired) electrons. The van der Waals surface area contributed by atoms with E-state index >= 15 is 0 Å². The van der Waals surface area contributed by atoms with Crippen LogP contribution >= 0.6 is 0 Å².